The summed E-state index contributed by atoms with van der Waals surface area (Å²) < 4.78 is 0. The summed E-state index contributed by atoms with van der Waals surface area (Å²) >= 11 is 0. The van der Waals surface area contributed by atoms with E-state index in [1.54, 1.807) is 18.3 Å². The molecule has 2 rings (SSSR count). The zero-order chi connectivity index (χ0) is 13.1. The Kier molecular flexibility index (Phi) is 3.53. The summed E-state index contributed by atoms with van der Waals surface area (Å²) in [5, 5.41) is 12.7. The molecule has 1 unspecified atom stereocenters. The second-order valence-corrected chi connectivity index (χ2v) is 4.27. The van der Waals surface area contributed by atoms with E-state index in [9.17, 15) is 4.79 Å². The SMILES string of the molecule is CCC(CO)NC(=O)c1c[nH]c2cc(N)ccc12. The molecule has 5 nitrogen and oxygen atoms in total. The van der Waals surface area contributed by atoms with Crippen LogP contribution in [0.5, 0.6) is 0 Å². The minimum Gasteiger partial charge on any atom is -0.399 e. The van der Waals surface area contributed by atoms with E-state index in [-0.39, 0.29) is 18.6 Å². The highest BCUT2D eigenvalue weighted by Gasteiger charge is 2.15. The summed E-state index contributed by atoms with van der Waals surface area (Å²) in [6.45, 7) is 1.86. The predicted molar refractivity (Wildman–Crippen MR) is 71.3 cm³/mol. The number of aromatic amines is 1. The van der Waals surface area contributed by atoms with Gasteiger partial charge in [0, 0.05) is 22.8 Å². The van der Waals surface area contributed by atoms with Gasteiger partial charge in [0.25, 0.3) is 5.91 Å². The monoisotopic (exact) mass is 247 g/mol. The quantitative estimate of drug-likeness (QED) is 0.613. The van der Waals surface area contributed by atoms with Crippen LogP contribution in [0.3, 0.4) is 0 Å². The van der Waals surface area contributed by atoms with Gasteiger partial charge in [0.1, 0.15) is 0 Å². The topological polar surface area (TPSA) is 91.1 Å². The number of aliphatic hydroxyl groups is 1. The number of amides is 1. The number of hydrogen-bond donors (Lipinski definition) is 4. The summed E-state index contributed by atoms with van der Waals surface area (Å²) in [6, 6.07) is 5.15. The van der Waals surface area contributed by atoms with Crippen LogP contribution in [0.2, 0.25) is 0 Å². The van der Waals surface area contributed by atoms with Gasteiger partial charge in [-0.2, -0.15) is 0 Å². The van der Waals surface area contributed by atoms with Crippen LogP contribution in [0.4, 0.5) is 5.69 Å². The standard InChI is InChI=1S/C13H17N3O2/c1-2-9(7-17)16-13(18)11-6-15-12-5-8(14)3-4-10(11)12/h3-6,9,15,17H,2,7,14H2,1H3,(H,16,18). The van der Waals surface area contributed by atoms with E-state index in [1.165, 1.54) is 0 Å². The molecule has 0 spiro atoms. The van der Waals surface area contributed by atoms with Gasteiger partial charge in [0.05, 0.1) is 18.2 Å². The maximum Gasteiger partial charge on any atom is 0.253 e. The first kappa shape index (κ1) is 12.4. The van der Waals surface area contributed by atoms with E-state index >= 15 is 0 Å². The van der Waals surface area contributed by atoms with E-state index in [2.05, 4.69) is 10.3 Å². The highest BCUT2D eigenvalue weighted by molar-refractivity contribution is 6.07. The molecule has 0 radical (unpaired) electrons. The highest BCUT2D eigenvalue weighted by Crippen LogP contribution is 2.20. The zero-order valence-corrected chi connectivity index (χ0v) is 10.2. The number of H-pyrrole nitrogens is 1. The van der Waals surface area contributed by atoms with E-state index in [1.807, 2.05) is 13.0 Å². The predicted octanol–water partition coefficient (Wildman–Crippen LogP) is 1.25. The van der Waals surface area contributed by atoms with Gasteiger partial charge in [-0.05, 0) is 24.6 Å². The number of rotatable bonds is 4. The first-order valence-corrected chi connectivity index (χ1v) is 5.94. The number of aromatic nitrogens is 1. The summed E-state index contributed by atoms with van der Waals surface area (Å²) in [6.07, 6.45) is 2.35. The number of nitrogen functional groups attached to an aromatic ring is 1. The van der Waals surface area contributed by atoms with Gasteiger partial charge >= 0.3 is 0 Å². The third-order valence-electron chi connectivity index (χ3n) is 3.00. The molecule has 0 saturated carbocycles. The van der Waals surface area contributed by atoms with E-state index < -0.39 is 0 Å². The Labute approximate surface area is 105 Å². The Hall–Kier alpha value is -2.01. The molecule has 0 aliphatic carbocycles. The largest absolute Gasteiger partial charge is 0.399 e. The molecule has 1 amide bonds. The molecule has 0 bridgehead atoms. The Morgan fingerprint density at radius 1 is 1.56 bits per heavy atom. The van der Waals surface area contributed by atoms with Crippen LogP contribution in [-0.4, -0.2) is 28.6 Å². The summed E-state index contributed by atoms with van der Waals surface area (Å²) in [4.78, 5) is 15.1. The van der Waals surface area contributed by atoms with Gasteiger partial charge in [0.15, 0.2) is 0 Å². The lowest BCUT2D eigenvalue weighted by Crippen LogP contribution is -2.36. The number of nitrogens with one attached hydrogen (secondary N) is 2. The first-order valence-electron chi connectivity index (χ1n) is 5.94. The molecule has 5 heteroatoms. The third kappa shape index (κ3) is 2.31. The fourth-order valence-corrected chi connectivity index (χ4v) is 1.87. The van der Waals surface area contributed by atoms with Gasteiger partial charge in [-0.25, -0.2) is 0 Å². The average Bonchev–Trinajstić information content (AvgIpc) is 2.78. The average molecular weight is 247 g/mol. The Balaban J connectivity index is 2.28. The number of nitrogens with two attached hydrogens (primary N) is 1. The fraction of sp³-hybridized carbons (Fsp3) is 0.308. The van der Waals surface area contributed by atoms with Crippen LogP contribution in [0.1, 0.15) is 23.7 Å². The first-order chi connectivity index (χ1) is 8.65. The van der Waals surface area contributed by atoms with Gasteiger partial charge in [-0.15, -0.1) is 0 Å². The van der Waals surface area contributed by atoms with Gasteiger partial charge in [-0.1, -0.05) is 6.92 Å². The van der Waals surface area contributed by atoms with Gasteiger partial charge in [-0.3, -0.25) is 4.79 Å². The second-order valence-electron chi connectivity index (χ2n) is 4.27. The lowest BCUT2D eigenvalue weighted by Gasteiger charge is -2.13. The maximum absolute atomic E-state index is 12.1. The lowest BCUT2D eigenvalue weighted by atomic mass is 10.1. The van der Waals surface area contributed by atoms with Crippen LogP contribution in [0.15, 0.2) is 24.4 Å². The Morgan fingerprint density at radius 2 is 2.33 bits per heavy atom. The zero-order valence-electron chi connectivity index (χ0n) is 10.2. The molecule has 5 N–H and O–H groups in total. The molecule has 96 valence electrons. The van der Waals surface area contributed by atoms with Crippen LogP contribution >= 0.6 is 0 Å². The van der Waals surface area contributed by atoms with Crippen molar-refractivity contribution in [3.05, 3.63) is 30.0 Å². The molecular weight excluding hydrogens is 230 g/mol. The van der Waals surface area contributed by atoms with Crippen molar-refractivity contribution in [1.29, 1.82) is 0 Å². The van der Waals surface area contributed by atoms with E-state index in [0.29, 0.717) is 17.7 Å². The van der Waals surface area contributed by atoms with Crippen molar-refractivity contribution in [3.8, 4) is 0 Å². The van der Waals surface area contributed by atoms with Crippen molar-refractivity contribution in [2.24, 2.45) is 0 Å². The van der Waals surface area contributed by atoms with Gasteiger partial charge in [0.2, 0.25) is 0 Å². The third-order valence-corrected chi connectivity index (χ3v) is 3.00. The lowest BCUT2D eigenvalue weighted by molar-refractivity contribution is 0.0916. The number of benzene rings is 1. The molecular formula is C13H17N3O2. The molecule has 0 saturated heterocycles. The molecule has 18 heavy (non-hydrogen) atoms. The number of carbonyl (C=O) groups is 1. The van der Waals surface area contributed by atoms with Crippen LogP contribution in [-0.2, 0) is 0 Å². The van der Waals surface area contributed by atoms with Crippen molar-refractivity contribution in [1.82, 2.24) is 10.3 Å². The van der Waals surface area contributed by atoms with Crippen LogP contribution < -0.4 is 11.1 Å². The van der Waals surface area contributed by atoms with E-state index in [4.69, 9.17) is 10.8 Å². The number of hydrogen-bond acceptors (Lipinski definition) is 3. The van der Waals surface area contributed by atoms with Crippen molar-refractivity contribution < 1.29 is 9.90 Å². The van der Waals surface area contributed by atoms with Crippen LogP contribution in [0.25, 0.3) is 10.9 Å². The molecule has 1 heterocycles. The molecule has 1 aromatic heterocycles. The highest BCUT2D eigenvalue weighted by atomic mass is 16.3. The summed E-state index contributed by atoms with van der Waals surface area (Å²) in [5.41, 5.74) is 7.73. The Morgan fingerprint density at radius 3 is 3.00 bits per heavy atom. The number of carbonyl (C=O) groups excluding carboxylic acids is 1. The molecule has 1 atom stereocenters. The Bertz CT molecular complexity index is 558. The minimum absolute atomic E-state index is 0.0580. The number of anilines is 1. The summed E-state index contributed by atoms with van der Waals surface area (Å²) in [7, 11) is 0. The molecule has 2 aromatic rings. The molecule has 0 fully saturated rings. The molecule has 0 aliphatic heterocycles. The van der Waals surface area contributed by atoms with Crippen LogP contribution in [0, 0.1) is 0 Å². The second kappa shape index (κ2) is 5.10. The number of fused-ring (bicyclic) bond motifs is 1. The minimum atomic E-state index is -0.212. The van der Waals surface area contributed by atoms with Crippen molar-refractivity contribution in [3.63, 3.8) is 0 Å². The summed E-state index contributed by atoms with van der Waals surface area (Å²) in [5.74, 6) is -0.188. The van der Waals surface area contributed by atoms with Gasteiger partial charge < -0.3 is 21.1 Å². The molecule has 1 aromatic carbocycles. The number of aliphatic hydroxyl groups excluding tert-OH is 1. The smallest absolute Gasteiger partial charge is 0.253 e. The van der Waals surface area contributed by atoms with Crippen molar-refractivity contribution >= 4 is 22.5 Å². The van der Waals surface area contributed by atoms with Crippen molar-refractivity contribution in [2.75, 3.05) is 12.3 Å². The van der Waals surface area contributed by atoms with Crippen molar-refractivity contribution in [2.45, 2.75) is 19.4 Å². The molecule has 0 aliphatic rings. The fourth-order valence-electron chi connectivity index (χ4n) is 1.87. The normalized spacial score (nSPS) is 12.6. The maximum atomic E-state index is 12.1. The van der Waals surface area contributed by atoms with E-state index in [0.717, 1.165) is 10.9 Å².